The second-order valence-corrected chi connectivity index (χ2v) is 18.8. The van der Waals surface area contributed by atoms with Gasteiger partial charge in [0, 0.05) is 79.9 Å². The minimum Gasteiger partial charge on any atom is -0.410 e. The molecular weight excluding hydrogens is 988 g/mol. The van der Waals surface area contributed by atoms with Crippen LogP contribution in [-0.4, -0.2) is 80.0 Å². The second-order valence-electron chi connectivity index (χ2n) is 18.4. The van der Waals surface area contributed by atoms with Gasteiger partial charge < -0.3 is 30.5 Å². The van der Waals surface area contributed by atoms with Crippen molar-refractivity contribution in [3.05, 3.63) is 178 Å². The Morgan fingerprint density at radius 1 is 0.658 bits per heavy atom. The van der Waals surface area contributed by atoms with Crippen molar-refractivity contribution in [1.82, 2.24) is 19.6 Å². The molecule has 2 aromatic heterocycles. The largest absolute Gasteiger partial charge is 0.417 e. The molecule has 13 nitrogen and oxygen atoms in total. The van der Waals surface area contributed by atoms with Crippen LogP contribution in [0.3, 0.4) is 0 Å². The molecule has 1 amide bonds. The molecule has 11 rings (SSSR count). The number of benzene rings is 5. The van der Waals surface area contributed by atoms with E-state index in [4.69, 9.17) is 22.1 Å². The monoisotopic (exact) mass is 1040 g/mol. The molecule has 5 aromatic carbocycles. The standard InChI is InChI=1S/C25H24F3N3O2.C16H15FN2O3.C13H14ClN3.ClH/c26-21-7-5-17(11-22(21)27)31-18(12-24(29-31)16-2-3-16)4-6-19(32)9-15-1-8-25(23(28)10-15)30-13-20(33)14-30;17-14-8-11(6-7-15(14)19-9-12(20)10-19)18-16(21)22-13-4-2-1-3-5-13;14-10-2-1-3-11(6-10)17-12(8-15)7-13(16-17)9-4-5-9;/h1,5,7-8,10-12,16,20,33H,2-4,6,9,13-14H2;1-8,12,20H,9-10H2,(H,18,21);1-3,6-7,9H,4-5,8,15H2;1H. The van der Waals surface area contributed by atoms with Crippen molar-refractivity contribution in [2.75, 3.05) is 41.3 Å². The summed E-state index contributed by atoms with van der Waals surface area (Å²) in [7, 11) is 0. The fourth-order valence-electron chi connectivity index (χ4n) is 8.42. The summed E-state index contributed by atoms with van der Waals surface area (Å²) in [5.41, 5.74) is 12.7. The molecule has 2 aliphatic carbocycles. The number of hydrogen-bond donors (Lipinski definition) is 4. The number of aliphatic hydroxyl groups is 2. The van der Waals surface area contributed by atoms with Crippen LogP contribution in [0.25, 0.3) is 11.4 Å². The predicted octanol–water partition coefficient (Wildman–Crippen LogP) is 9.99. The zero-order chi connectivity index (χ0) is 50.5. The maximum atomic E-state index is 14.4. The van der Waals surface area contributed by atoms with E-state index in [0.717, 1.165) is 53.4 Å². The first-order valence-corrected chi connectivity index (χ1v) is 24.2. The minimum atomic E-state index is -0.948. The Bertz CT molecular complexity index is 3050. The van der Waals surface area contributed by atoms with E-state index in [-0.39, 0.29) is 31.0 Å². The van der Waals surface area contributed by atoms with E-state index in [0.29, 0.717) is 90.1 Å². The average Bonchev–Trinajstić information content (AvgIpc) is 4.29. The minimum absolute atomic E-state index is 0. The van der Waals surface area contributed by atoms with Gasteiger partial charge >= 0.3 is 6.09 Å². The molecule has 2 aliphatic heterocycles. The van der Waals surface area contributed by atoms with E-state index in [1.807, 2.05) is 41.1 Å². The maximum Gasteiger partial charge on any atom is 0.417 e. The topological polar surface area (TPSA) is 164 Å². The molecule has 7 aromatic rings. The summed E-state index contributed by atoms with van der Waals surface area (Å²) < 4.78 is 64.1. The number of aromatic nitrogens is 4. The van der Waals surface area contributed by atoms with Gasteiger partial charge in [0.2, 0.25) is 0 Å². The highest BCUT2D eigenvalue weighted by atomic mass is 35.5. The van der Waals surface area contributed by atoms with Gasteiger partial charge in [0.05, 0.1) is 52.0 Å². The van der Waals surface area contributed by atoms with Crippen molar-refractivity contribution in [3.63, 3.8) is 0 Å². The van der Waals surface area contributed by atoms with Gasteiger partial charge in [0.15, 0.2) is 11.6 Å². The number of carbonyl (C=O) groups is 2. The molecule has 19 heteroatoms. The number of ether oxygens (including phenoxy) is 1. The molecule has 0 radical (unpaired) electrons. The number of β-amino-alcohol motifs (C(OH)–C–C–N with tert-alkyl or cyclic N) is 2. The number of nitrogens with one attached hydrogen (secondary N) is 1. The van der Waals surface area contributed by atoms with Crippen LogP contribution >= 0.6 is 24.0 Å². The Morgan fingerprint density at radius 2 is 1.25 bits per heavy atom. The molecule has 4 aliphatic rings. The lowest BCUT2D eigenvalue weighted by atomic mass is 10.0. The summed E-state index contributed by atoms with van der Waals surface area (Å²) in [6.45, 7) is 2.14. The van der Waals surface area contributed by atoms with Gasteiger partial charge in [-0.1, -0.05) is 41.9 Å². The number of hydrogen-bond acceptors (Lipinski definition) is 10. The summed E-state index contributed by atoms with van der Waals surface area (Å²) in [6.07, 6.45) is 3.80. The number of aliphatic hydroxyl groups excluding tert-OH is 2. The number of nitrogens with two attached hydrogens (primary N) is 1. The number of aryl methyl sites for hydroxylation is 1. The van der Waals surface area contributed by atoms with Crippen LogP contribution in [-0.2, 0) is 24.2 Å². The fourth-order valence-corrected chi connectivity index (χ4v) is 8.60. The molecule has 0 spiro atoms. The van der Waals surface area contributed by atoms with Crippen molar-refractivity contribution < 1.29 is 42.1 Å². The van der Waals surface area contributed by atoms with Crippen molar-refractivity contribution in [1.29, 1.82) is 0 Å². The van der Waals surface area contributed by atoms with Gasteiger partial charge in [-0.15, -0.1) is 12.4 Å². The fraction of sp³-hybridized carbons (Fsp3) is 0.296. The van der Waals surface area contributed by atoms with Crippen molar-refractivity contribution >= 4 is 52.9 Å². The third kappa shape index (κ3) is 13.5. The number of rotatable bonds is 14. The predicted molar refractivity (Wildman–Crippen MR) is 274 cm³/mol. The number of Topliss-reactive ketones (excluding diaryl/α,β-unsaturated/α-hetero) is 1. The lowest BCUT2D eigenvalue weighted by Gasteiger charge is -2.38. The first kappa shape index (κ1) is 52.6. The summed E-state index contributed by atoms with van der Waals surface area (Å²) >= 11 is 6.00. The van der Waals surface area contributed by atoms with Gasteiger partial charge in [0.25, 0.3) is 0 Å². The van der Waals surface area contributed by atoms with Crippen LogP contribution in [0.15, 0.2) is 121 Å². The third-order valence-corrected chi connectivity index (χ3v) is 12.9. The van der Waals surface area contributed by atoms with Crippen LogP contribution in [0.4, 0.5) is 39.4 Å². The van der Waals surface area contributed by atoms with Crippen molar-refractivity contribution in [2.24, 2.45) is 5.73 Å². The zero-order valence-corrected chi connectivity index (χ0v) is 41.1. The summed E-state index contributed by atoms with van der Waals surface area (Å²) in [6, 6.07) is 33.1. The number of para-hydroxylation sites is 1. The molecule has 0 atom stereocenters. The summed E-state index contributed by atoms with van der Waals surface area (Å²) in [5, 5.41) is 31.0. The number of ketones is 1. The van der Waals surface area contributed by atoms with E-state index >= 15 is 0 Å². The van der Waals surface area contributed by atoms with Crippen LogP contribution in [0.5, 0.6) is 5.75 Å². The van der Waals surface area contributed by atoms with Crippen LogP contribution < -0.4 is 25.6 Å². The summed E-state index contributed by atoms with van der Waals surface area (Å²) in [5.74, 6) is -1.35. The highest BCUT2D eigenvalue weighted by Gasteiger charge is 2.30. The molecule has 382 valence electrons. The number of nitrogens with zero attached hydrogens (tertiary/aromatic N) is 6. The SMILES string of the molecule is Cl.NCc1cc(C2CC2)nn1-c1cccc(Cl)c1.O=C(CCc1cc(C2CC2)nn1-c1ccc(F)c(F)c1)Cc1ccc(N2CC(O)C2)c(F)c1.O=C(Nc1ccc(N2CC(O)C2)c(F)c1)Oc1ccccc1. The number of carbonyl (C=O) groups excluding carboxylic acids is 2. The first-order chi connectivity index (χ1) is 34.8. The Balaban J connectivity index is 0.000000154. The van der Waals surface area contributed by atoms with E-state index in [1.54, 1.807) is 63.0 Å². The zero-order valence-electron chi connectivity index (χ0n) is 39.5. The first-order valence-electron chi connectivity index (χ1n) is 23.9. The molecule has 0 bridgehead atoms. The van der Waals surface area contributed by atoms with Gasteiger partial charge in [-0.05, 0) is 123 Å². The molecule has 0 unspecified atom stereocenters. The summed E-state index contributed by atoms with van der Waals surface area (Å²) in [4.78, 5) is 27.8. The lowest BCUT2D eigenvalue weighted by molar-refractivity contribution is -0.118. The molecule has 73 heavy (non-hydrogen) atoms. The van der Waals surface area contributed by atoms with Gasteiger partial charge in [-0.2, -0.15) is 10.2 Å². The number of anilines is 3. The van der Waals surface area contributed by atoms with E-state index < -0.39 is 41.6 Å². The van der Waals surface area contributed by atoms with Crippen molar-refractivity contribution in [3.8, 4) is 17.1 Å². The van der Waals surface area contributed by atoms with Crippen LogP contribution in [0.1, 0.15) is 72.3 Å². The van der Waals surface area contributed by atoms with Gasteiger partial charge in [0.1, 0.15) is 23.2 Å². The van der Waals surface area contributed by atoms with Crippen LogP contribution in [0, 0.1) is 23.3 Å². The van der Waals surface area contributed by atoms with Gasteiger partial charge in [-0.3, -0.25) is 10.1 Å². The molecule has 4 fully saturated rings. The highest BCUT2D eigenvalue weighted by molar-refractivity contribution is 6.30. The second kappa shape index (κ2) is 23.4. The quantitative estimate of drug-likeness (QED) is 0.0771. The van der Waals surface area contributed by atoms with E-state index in [2.05, 4.69) is 21.6 Å². The lowest BCUT2D eigenvalue weighted by Crippen LogP contribution is -2.51. The molecule has 2 saturated carbocycles. The van der Waals surface area contributed by atoms with Gasteiger partial charge in [-0.25, -0.2) is 31.7 Å². The molecular formula is C54H54Cl2F4N8O5. The highest BCUT2D eigenvalue weighted by Crippen LogP contribution is 2.41. The van der Waals surface area contributed by atoms with E-state index in [9.17, 15) is 37.4 Å². The Kier molecular flexibility index (Phi) is 16.9. The Hall–Kier alpha value is -6.76. The third-order valence-electron chi connectivity index (χ3n) is 12.6. The Labute approximate surface area is 430 Å². The number of amides is 1. The maximum absolute atomic E-state index is 14.4. The molecule has 5 N–H and O–H groups in total. The van der Waals surface area contributed by atoms with Crippen molar-refractivity contribution in [2.45, 2.75) is 75.5 Å². The van der Waals surface area contributed by atoms with Crippen LogP contribution in [0.2, 0.25) is 5.02 Å². The molecule has 2 saturated heterocycles. The average molecular weight is 1040 g/mol. The Morgan fingerprint density at radius 3 is 1.81 bits per heavy atom. The molecule has 4 heterocycles. The smallest absolute Gasteiger partial charge is 0.410 e. The van der Waals surface area contributed by atoms with E-state index in [1.165, 1.54) is 31.0 Å². The number of halogens is 6. The normalized spacial score (nSPS) is 15.2.